The van der Waals surface area contributed by atoms with E-state index in [0.29, 0.717) is 36.6 Å². The Morgan fingerprint density at radius 2 is 1.82 bits per heavy atom. The highest BCUT2D eigenvalue weighted by Gasteiger charge is 2.28. The van der Waals surface area contributed by atoms with Gasteiger partial charge in [-0.05, 0) is 48.5 Å². The lowest BCUT2D eigenvalue weighted by Crippen LogP contribution is -2.47. The van der Waals surface area contributed by atoms with Crippen LogP contribution in [0, 0.1) is 18.2 Å². The number of hydrogen-bond donors (Lipinski definition) is 0. The van der Waals surface area contributed by atoms with E-state index in [1.807, 2.05) is 18.2 Å². The van der Waals surface area contributed by atoms with Crippen molar-refractivity contribution in [3.8, 4) is 18.1 Å². The fourth-order valence-electron chi connectivity index (χ4n) is 3.66. The van der Waals surface area contributed by atoms with Crippen molar-refractivity contribution in [1.82, 2.24) is 4.90 Å². The molecule has 33 heavy (non-hydrogen) atoms. The zero-order valence-electron chi connectivity index (χ0n) is 17.9. The van der Waals surface area contributed by atoms with Gasteiger partial charge in [0.15, 0.2) is 5.78 Å². The first kappa shape index (κ1) is 22.3. The SMILES string of the molecule is C#Cc1cccc(OCC2CN(C(=O)c3ccccc3C(=O)c3ccc(F)cc3)CCO2)c1. The van der Waals surface area contributed by atoms with Gasteiger partial charge >= 0.3 is 0 Å². The summed E-state index contributed by atoms with van der Waals surface area (Å²) in [5.41, 5.74) is 1.62. The molecule has 1 saturated heterocycles. The van der Waals surface area contributed by atoms with Crippen LogP contribution < -0.4 is 4.74 Å². The molecule has 3 aromatic carbocycles. The van der Waals surface area contributed by atoms with E-state index < -0.39 is 5.82 Å². The summed E-state index contributed by atoms with van der Waals surface area (Å²) in [5.74, 6) is 2.18. The number of benzene rings is 3. The molecule has 5 nitrogen and oxygen atoms in total. The second-order valence-electron chi connectivity index (χ2n) is 7.61. The van der Waals surface area contributed by atoms with Gasteiger partial charge in [0.05, 0.1) is 18.7 Å². The summed E-state index contributed by atoms with van der Waals surface area (Å²) < 4.78 is 24.8. The molecule has 1 atom stereocenters. The lowest BCUT2D eigenvalue weighted by Gasteiger charge is -2.33. The molecule has 0 N–H and O–H groups in total. The average Bonchev–Trinajstić information content (AvgIpc) is 2.87. The summed E-state index contributed by atoms with van der Waals surface area (Å²) in [5, 5.41) is 0. The molecular weight excluding hydrogens is 421 g/mol. The van der Waals surface area contributed by atoms with Crippen LogP contribution in [0.15, 0.2) is 72.8 Å². The number of ether oxygens (including phenoxy) is 2. The van der Waals surface area contributed by atoms with Crippen LogP contribution in [0.1, 0.15) is 31.8 Å². The number of carbonyl (C=O) groups is 2. The smallest absolute Gasteiger partial charge is 0.254 e. The molecule has 0 aliphatic carbocycles. The Kier molecular flexibility index (Phi) is 6.82. The zero-order chi connectivity index (χ0) is 23.2. The number of rotatable bonds is 6. The topological polar surface area (TPSA) is 55.8 Å². The van der Waals surface area contributed by atoms with Crippen molar-refractivity contribution in [2.45, 2.75) is 6.10 Å². The number of halogens is 1. The number of ketones is 1. The third kappa shape index (κ3) is 5.28. The molecule has 1 fully saturated rings. The summed E-state index contributed by atoms with van der Waals surface area (Å²) in [6.45, 7) is 1.35. The van der Waals surface area contributed by atoms with E-state index in [4.69, 9.17) is 15.9 Å². The van der Waals surface area contributed by atoms with Gasteiger partial charge in [0.25, 0.3) is 5.91 Å². The fourth-order valence-corrected chi connectivity index (χ4v) is 3.66. The summed E-state index contributed by atoms with van der Waals surface area (Å²) in [4.78, 5) is 28.0. The molecule has 1 unspecified atom stereocenters. The van der Waals surface area contributed by atoms with Crippen LogP contribution in [0.2, 0.25) is 0 Å². The molecular formula is C27H22FNO4. The monoisotopic (exact) mass is 443 g/mol. The molecule has 1 aliphatic heterocycles. The van der Waals surface area contributed by atoms with E-state index in [1.165, 1.54) is 24.3 Å². The highest BCUT2D eigenvalue weighted by Crippen LogP contribution is 2.20. The van der Waals surface area contributed by atoms with Crippen molar-refractivity contribution in [2.24, 2.45) is 0 Å². The number of amides is 1. The predicted octanol–water partition coefficient (Wildman–Crippen LogP) is 3.96. The van der Waals surface area contributed by atoms with Crippen molar-refractivity contribution < 1.29 is 23.5 Å². The van der Waals surface area contributed by atoms with Gasteiger partial charge in [-0.3, -0.25) is 9.59 Å². The van der Waals surface area contributed by atoms with Crippen molar-refractivity contribution in [1.29, 1.82) is 0 Å². The van der Waals surface area contributed by atoms with Crippen LogP contribution in [-0.4, -0.2) is 49.0 Å². The molecule has 0 saturated carbocycles. The molecule has 0 bridgehead atoms. The maximum absolute atomic E-state index is 13.3. The number of hydrogen-bond acceptors (Lipinski definition) is 4. The van der Waals surface area contributed by atoms with Crippen LogP contribution in [-0.2, 0) is 4.74 Å². The Balaban J connectivity index is 1.46. The highest BCUT2D eigenvalue weighted by atomic mass is 19.1. The third-order valence-corrected chi connectivity index (χ3v) is 5.37. The second kappa shape index (κ2) is 10.1. The minimum absolute atomic E-state index is 0.258. The number of nitrogens with zero attached hydrogens (tertiary/aromatic N) is 1. The first-order valence-corrected chi connectivity index (χ1v) is 10.5. The maximum atomic E-state index is 13.3. The van der Waals surface area contributed by atoms with E-state index in [2.05, 4.69) is 5.92 Å². The molecule has 1 amide bonds. The third-order valence-electron chi connectivity index (χ3n) is 5.37. The molecule has 0 aromatic heterocycles. The van der Waals surface area contributed by atoms with Crippen molar-refractivity contribution in [3.63, 3.8) is 0 Å². The van der Waals surface area contributed by atoms with E-state index in [-0.39, 0.29) is 30.0 Å². The van der Waals surface area contributed by atoms with Crippen molar-refractivity contribution in [3.05, 3.63) is 101 Å². The Morgan fingerprint density at radius 1 is 1.06 bits per heavy atom. The Bertz CT molecular complexity index is 1200. The van der Waals surface area contributed by atoms with Gasteiger partial charge in [-0.15, -0.1) is 6.42 Å². The van der Waals surface area contributed by atoms with Gasteiger partial charge in [0.2, 0.25) is 0 Å². The Labute approximate surface area is 191 Å². The van der Waals surface area contributed by atoms with Crippen LogP contribution >= 0.6 is 0 Å². The fraction of sp³-hybridized carbons (Fsp3) is 0.185. The molecule has 166 valence electrons. The number of terminal acetylenes is 1. The normalized spacial score (nSPS) is 15.5. The summed E-state index contributed by atoms with van der Waals surface area (Å²) in [6.07, 6.45) is 5.10. The first-order chi connectivity index (χ1) is 16.0. The van der Waals surface area contributed by atoms with Crippen molar-refractivity contribution in [2.75, 3.05) is 26.3 Å². The maximum Gasteiger partial charge on any atom is 0.254 e. The second-order valence-corrected chi connectivity index (χ2v) is 7.61. The van der Waals surface area contributed by atoms with Gasteiger partial charge in [0.1, 0.15) is 24.3 Å². The number of morpholine rings is 1. The van der Waals surface area contributed by atoms with E-state index in [9.17, 15) is 14.0 Å². The van der Waals surface area contributed by atoms with Crippen LogP contribution in [0.25, 0.3) is 0 Å². The zero-order valence-corrected chi connectivity index (χ0v) is 17.9. The summed E-state index contributed by atoms with van der Waals surface area (Å²) in [7, 11) is 0. The lowest BCUT2D eigenvalue weighted by molar-refractivity contribution is -0.0401. The van der Waals surface area contributed by atoms with E-state index in [0.717, 1.165) is 5.56 Å². The molecule has 0 radical (unpaired) electrons. The van der Waals surface area contributed by atoms with Gasteiger partial charge in [-0.25, -0.2) is 4.39 Å². The van der Waals surface area contributed by atoms with Gasteiger partial charge in [-0.2, -0.15) is 0 Å². The largest absolute Gasteiger partial charge is 0.491 e. The molecule has 0 spiro atoms. The van der Waals surface area contributed by atoms with Gasteiger partial charge in [0, 0.05) is 23.2 Å². The van der Waals surface area contributed by atoms with E-state index in [1.54, 1.807) is 35.2 Å². The minimum Gasteiger partial charge on any atom is -0.491 e. The molecule has 1 aliphatic rings. The Morgan fingerprint density at radius 3 is 2.58 bits per heavy atom. The molecule has 4 rings (SSSR count). The summed E-state index contributed by atoms with van der Waals surface area (Å²) in [6, 6.07) is 19.1. The van der Waals surface area contributed by atoms with Crippen LogP contribution in [0.3, 0.4) is 0 Å². The summed E-state index contributed by atoms with van der Waals surface area (Å²) >= 11 is 0. The highest BCUT2D eigenvalue weighted by molar-refractivity contribution is 6.15. The molecule has 1 heterocycles. The molecule has 3 aromatic rings. The van der Waals surface area contributed by atoms with E-state index >= 15 is 0 Å². The molecule has 6 heteroatoms. The lowest BCUT2D eigenvalue weighted by atomic mass is 9.97. The average molecular weight is 443 g/mol. The number of carbonyl (C=O) groups excluding carboxylic acids is 2. The predicted molar refractivity (Wildman–Crippen MR) is 122 cm³/mol. The standard InChI is InChI=1S/C27H22FNO4/c1-2-19-6-5-7-22(16-19)33-18-23-17-29(14-15-32-23)27(31)25-9-4-3-8-24(25)26(30)20-10-12-21(28)13-11-20/h1,3-13,16,23H,14-15,17-18H2. The van der Waals surface area contributed by atoms with Gasteiger partial charge in [-0.1, -0.05) is 30.2 Å². The van der Waals surface area contributed by atoms with Crippen LogP contribution in [0.5, 0.6) is 5.75 Å². The van der Waals surface area contributed by atoms with Crippen LogP contribution in [0.4, 0.5) is 4.39 Å². The van der Waals surface area contributed by atoms with Crippen molar-refractivity contribution >= 4 is 11.7 Å². The first-order valence-electron chi connectivity index (χ1n) is 10.5. The van der Waals surface area contributed by atoms with Gasteiger partial charge < -0.3 is 14.4 Å². The Hall–Kier alpha value is -3.95. The quantitative estimate of drug-likeness (QED) is 0.428. The minimum atomic E-state index is -0.427.